The van der Waals surface area contributed by atoms with Gasteiger partial charge in [0.15, 0.2) is 0 Å². The van der Waals surface area contributed by atoms with Crippen molar-refractivity contribution >= 4 is 17.7 Å². The Bertz CT molecular complexity index is 743. The van der Waals surface area contributed by atoms with Crippen LogP contribution in [-0.4, -0.2) is 24.3 Å². The van der Waals surface area contributed by atoms with E-state index in [9.17, 15) is 14.4 Å². The molecule has 26 heavy (non-hydrogen) atoms. The van der Waals surface area contributed by atoms with Gasteiger partial charge in [-0.25, -0.2) is 0 Å². The van der Waals surface area contributed by atoms with Gasteiger partial charge in [-0.1, -0.05) is 42.5 Å². The second-order valence-corrected chi connectivity index (χ2v) is 5.96. The molecule has 6 nitrogen and oxygen atoms in total. The van der Waals surface area contributed by atoms with Crippen molar-refractivity contribution in [3.63, 3.8) is 0 Å². The Morgan fingerprint density at radius 3 is 2.19 bits per heavy atom. The van der Waals surface area contributed by atoms with Gasteiger partial charge in [-0.3, -0.25) is 14.4 Å². The summed E-state index contributed by atoms with van der Waals surface area (Å²) < 4.78 is 0. The molecular weight excluding hydrogens is 330 g/mol. The van der Waals surface area contributed by atoms with Crippen LogP contribution in [0.25, 0.3) is 0 Å². The van der Waals surface area contributed by atoms with Gasteiger partial charge in [0.25, 0.3) is 5.91 Å². The van der Waals surface area contributed by atoms with E-state index in [2.05, 4.69) is 22.8 Å². The van der Waals surface area contributed by atoms with E-state index >= 15 is 0 Å². The second kappa shape index (κ2) is 9.98. The zero-order valence-electron chi connectivity index (χ0n) is 14.5. The molecular formula is C20H23N3O3. The fourth-order valence-electron chi connectivity index (χ4n) is 2.43. The summed E-state index contributed by atoms with van der Waals surface area (Å²) in [4.78, 5) is 34.3. The molecule has 3 amide bonds. The van der Waals surface area contributed by atoms with Crippen LogP contribution in [0.1, 0.15) is 34.3 Å². The maximum absolute atomic E-state index is 11.9. The molecule has 0 aromatic heterocycles. The van der Waals surface area contributed by atoms with E-state index in [0.717, 1.165) is 18.4 Å². The summed E-state index contributed by atoms with van der Waals surface area (Å²) in [5.41, 5.74) is 7.54. The number of hydrogen-bond acceptors (Lipinski definition) is 3. The summed E-state index contributed by atoms with van der Waals surface area (Å²) >= 11 is 0. The molecule has 0 bridgehead atoms. The maximum atomic E-state index is 11.9. The van der Waals surface area contributed by atoms with Crippen molar-refractivity contribution in [1.29, 1.82) is 0 Å². The van der Waals surface area contributed by atoms with E-state index < -0.39 is 5.91 Å². The highest BCUT2D eigenvalue weighted by Gasteiger charge is 2.07. The zero-order valence-corrected chi connectivity index (χ0v) is 14.5. The van der Waals surface area contributed by atoms with Gasteiger partial charge < -0.3 is 16.4 Å². The average molecular weight is 353 g/mol. The second-order valence-electron chi connectivity index (χ2n) is 5.96. The van der Waals surface area contributed by atoms with E-state index in [1.807, 2.05) is 18.2 Å². The molecule has 2 rings (SSSR count). The van der Waals surface area contributed by atoms with E-state index in [0.29, 0.717) is 18.5 Å². The molecule has 2 aromatic carbocycles. The van der Waals surface area contributed by atoms with Crippen LogP contribution in [-0.2, 0) is 22.6 Å². The number of benzene rings is 2. The largest absolute Gasteiger partial charge is 0.368 e. The molecule has 0 spiro atoms. The summed E-state index contributed by atoms with van der Waals surface area (Å²) in [6, 6.07) is 16.9. The molecule has 0 aliphatic rings. The molecule has 0 aliphatic heterocycles. The molecule has 0 saturated carbocycles. The SMILES string of the molecule is NC(=O)CNC(=O)c1ccc(CNC(=O)CCCc2ccccc2)cc1. The van der Waals surface area contributed by atoms with Crippen LogP contribution in [0.15, 0.2) is 54.6 Å². The third-order valence-corrected chi connectivity index (χ3v) is 3.84. The van der Waals surface area contributed by atoms with Gasteiger partial charge in [-0.05, 0) is 36.1 Å². The molecule has 4 N–H and O–H groups in total. The van der Waals surface area contributed by atoms with Gasteiger partial charge >= 0.3 is 0 Å². The minimum Gasteiger partial charge on any atom is -0.368 e. The van der Waals surface area contributed by atoms with Crippen molar-refractivity contribution in [2.45, 2.75) is 25.8 Å². The number of aryl methyl sites for hydroxylation is 1. The van der Waals surface area contributed by atoms with E-state index in [4.69, 9.17) is 5.73 Å². The number of carbonyl (C=O) groups excluding carboxylic acids is 3. The van der Waals surface area contributed by atoms with E-state index in [1.54, 1.807) is 24.3 Å². The molecule has 0 saturated heterocycles. The molecule has 0 radical (unpaired) electrons. The minimum atomic E-state index is -0.593. The maximum Gasteiger partial charge on any atom is 0.251 e. The first kappa shape index (κ1) is 19.2. The Balaban J connectivity index is 1.70. The van der Waals surface area contributed by atoms with Crippen molar-refractivity contribution in [1.82, 2.24) is 10.6 Å². The van der Waals surface area contributed by atoms with Crippen molar-refractivity contribution in [2.75, 3.05) is 6.54 Å². The fraction of sp³-hybridized carbons (Fsp3) is 0.250. The lowest BCUT2D eigenvalue weighted by Crippen LogP contribution is -2.33. The number of nitrogens with two attached hydrogens (primary N) is 1. The Labute approximate surface area is 152 Å². The molecule has 2 aromatic rings. The number of nitrogens with one attached hydrogen (secondary N) is 2. The first-order valence-corrected chi connectivity index (χ1v) is 8.50. The van der Waals surface area contributed by atoms with Crippen molar-refractivity contribution in [2.24, 2.45) is 5.73 Å². The molecule has 0 heterocycles. The number of rotatable bonds is 9. The van der Waals surface area contributed by atoms with Crippen molar-refractivity contribution < 1.29 is 14.4 Å². The highest BCUT2D eigenvalue weighted by atomic mass is 16.2. The number of carbonyl (C=O) groups is 3. The van der Waals surface area contributed by atoms with Crippen LogP contribution in [0.3, 0.4) is 0 Å². The molecule has 0 aliphatic carbocycles. The van der Waals surface area contributed by atoms with Crippen molar-refractivity contribution in [3.05, 3.63) is 71.3 Å². The van der Waals surface area contributed by atoms with Crippen LogP contribution in [0.2, 0.25) is 0 Å². The molecule has 6 heteroatoms. The fourth-order valence-corrected chi connectivity index (χ4v) is 2.43. The highest BCUT2D eigenvalue weighted by molar-refractivity contribution is 5.96. The Morgan fingerprint density at radius 1 is 0.846 bits per heavy atom. The summed E-state index contributed by atoms with van der Waals surface area (Å²) in [5, 5.41) is 5.29. The Morgan fingerprint density at radius 2 is 1.54 bits per heavy atom. The quantitative estimate of drug-likeness (QED) is 0.637. The summed E-state index contributed by atoms with van der Waals surface area (Å²) in [6.07, 6.45) is 2.15. The molecule has 0 atom stereocenters. The summed E-state index contributed by atoms with van der Waals surface area (Å²) in [5.74, 6) is -0.950. The Kier molecular flexibility index (Phi) is 7.36. The van der Waals surface area contributed by atoms with Gasteiger partial charge in [-0.2, -0.15) is 0 Å². The van der Waals surface area contributed by atoms with E-state index in [-0.39, 0.29) is 18.4 Å². The van der Waals surface area contributed by atoms with Crippen LogP contribution in [0, 0.1) is 0 Å². The highest BCUT2D eigenvalue weighted by Crippen LogP contribution is 2.06. The van der Waals surface area contributed by atoms with Crippen molar-refractivity contribution in [3.8, 4) is 0 Å². The Hall–Kier alpha value is -3.15. The first-order valence-electron chi connectivity index (χ1n) is 8.50. The average Bonchev–Trinajstić information content (AvgIpc) is 2.65. The van der Waals surface area contributed by atoms with Crippen LogP contribution in [0.4, 0.5) is 0 Å². The standard InChI is InChI=1S/C20H23N3O3/c21-18(24)14-23-20(26)17-11-9-16(10-12-17)13-22-19(25)8-4-7-15-5-2-1-3-6-15/h1-3,5-6,9-12H,4,7-8,13-14H2,(H2,21,24)(H,22,25)(H,23,26). The first-order chi connectivity index (χ1) is 12.5. The van der Waals surface area contributed by atoms with Gasteiger partial charge in [0.2, 0.25) is 11.8 Å². The number of hydrogen-bond donors (Lipinski definition) is 3. The van der Waals surface area contributed by atoms with Gasteiger partial charge in [0, 0.05) is 18.5 Å². The molecule has 0 fully saturated rings. The third-order valence-electron chi connectivity index (χ3n) is 3.84. The van der Waals surface area contributed by atoms with Gasteiger partial charge in [0.05, 0.1) is 6.54 Å². The lowest BCUT2D eigenvalue weighted by atomic mass is 10.1. The van der Waals surface area contributed by atoms with Gasteiger partial charge in [-0.15, -0.1) is 0 Å². The van der Waals surface area contributed by atoms with Crippen LogP contribution < -0.4 is 16.4 Å². The predicted octanol–water partition coefficient (Wildman–Crippen LogP) is 1.54. The monoisotopic (exact) mass is 353 g/mol. The topological polar surface area (TPSA) is 101 Å². The van der Waals surface area contributed by atoms with Gasteiger partial charge in [0.1, 0.15) is 0 Å². The molecule has 0 unspecified atom stereocenters. The number of primary amides is 1. The molecule has 136 valence electrons. The minimum absolute atomic E-state index is 0.00390. The third kappa shape index (κ3) is 6.76. The van der Waals surface area contributed by atoms with E-state index in [1.165, 1.54) is 5.56 Å². The lowest BCUT2D eigenvalue weighted by Gasteiger charge is -2.07. The summed E-state index contributed by atoms with van der Waals surface area (Å²) in [7, 11) is 0. The zero-order chi connectivity index (χ0) is 18.8. The van der Waals surface area contributed by atoms with Crippen LogP contribution in [0.5, 0.6) is 0 Å². The normalized spacial score (nSPS) is 10.2. The predicted molar refractivity (Wildman–Crippen MR) is 99.2 cm³/mol. The lowest BCUT2D eigenvalue weighted by molar-refractivity contribution is -0.121. The van der Waals surface area contributed by atoms with Crippen LogP contribution >= 0.6 is 0 Å². The summed E-state index contributed by atoms with van der Waals surface area (Å²) in [6.45, 7) is 0.215. The number of amides is 3. The smallest absolute Gasteiger partial charge is 0.251 e.